The number of nitrogens with two attached hydrogens (primary N) is 1. The van der Waals surface area contributed by atoms with Crippen molar-refractivity contribution in [1.82, 2.24) is 9.62 Å². The van der Waals surface area contributed by atoms with E-state index in [1.165, 1.54) is 38.8 Å². The van der Waals surface area contributed by atoms with Crippen LogP contribution in [0.15, 0.2) is 23.1 Å². The minimum absolute atomic E-state index is 0.0183. The number of Topliss-reactive ketones (excluding diaryl/α,β-unsaturated/α-hetero) is 1. The molecule has 0 bridgehead atoms. The van der Waals surface area contributed by atoms with Crippen LogP contribution in [-0.2, 0) is 24.4 Å². The molecule has 1 radical (unpaired) electrons. The van der Waals surface area contributed by atoms with Crippen LogP contribution in [0.5, 0.6) is 11.5 Å². The number of methoxy groups -OCH3 is 2. The number of amides is 2. The average Bonchev–Trinajstić information content (AvgIpc) is 2.89. The van der Waals surface area contributed by atoms with Gasteiger partial charge in [-0.1, -0.05) is 0 Å². The molecule has 1 heterocycles. The van der Waals surface area contributed by atoms with Crippen molar-refractivity contribution >= 4 is 27.6 Å². The number of ketones is 1. The molecule has 1 aliphatic rings. The zero-order chi connectivity index (χ0) is 22.3. The molecule has 11 heteroatoms. The first-order valence-corrected chi connectivity index (χ1v) is 10.8. The van der Waals surface area contributed by atoms with E-state index in [9.17, 15) is 22.8 Å². The van der Waals surface area contributed by atoms with Crippen LogP contribution >= 0.6 is 0 Å². The molecule has 0 aliphatic carbocycles. The normalized spacial score (nSPS) is 17.8. The Labute approximate surface area is 175 Å². The first-order valence-electron chi connectivity index (χ1n) is 9.36. The maximum atomic E-state index is 13.0. The van der Waals surface area contributed by atoms with Crippen LogP contribution in [0.4, 0.5) is 0 Å². The van der Waals surface area contributed by atoms with Gasteiger partial charge in [-0.3, -0.25) is 14.4 Å². The smallest absolute Gasteiger partial charge is 0.243 e. The molecule has 1 aromatic rings. The van der Waals surface area contributed by atoms with Crippen molar-refractivity contribution in [2.45, 2.75) is 36.6 Å². The molecule has 0 spiro atoms. The average molecular weight is 440 g/mol. The molecule has 2 rings (SSSR count). The van der Waals surface area contributed by atoms with Gasteiger partial charge in [0.25, 0.3) is 0 Å². The number of carbonyl (C=O) groups is 3. The van der Waals surface area contributed by atoms with Crippen molar-refractivity contribution in [3.05, 3.63) is 24.6 Å². The lowest BCUT2D eigenvalue weighted by atomic mass is 10.1. The minimum Gasteiger partial charge on any atom is -0.493 e. The highest BCUT2D eigenvalue weighted by Crippen LogP contribution is 2.31. The number of primary amides is 1. The fraction of sp³-hybridized carbons (Fsp3) is 0.474. The van der Waals surface area contributed by atoms with E-state index >= 15 is 0 Å². The predicted molar refractivity (Wildman–Crippen MR) is 107 cm³/mol. The summed E-state index contributed by atoms with van der Waals surface area (Å²) in [5.74, 6) is -0.783. The van der Waals surface area contributed by atoms with Gasteiger partial charge in [0, 0.05) is 19.0 Å². The van der Waals surface area contributed by atoms with Gasteiger partial charge < -0.3 is 20.5 Å². The van der Waals surface area contributed by atoms with E-state index in [-0.39, 0.29) is 36.6 Å². The number of benzene rings is 1. The summed E-state index contributed by atoms with van der Waals surface area (Å²) in [6, 6.07) is 3.42. The molecular weight excluding hydrogens is 414 g/mol. The predicted octanol–water partition coefficient (Wildman–Crippen LogP) is 0.0120. The second-order valence-electron chi connectivity index (χ2n) is 6.73. The van der Waals surface area contributed by atoms with Gasteiger partial charge in [0.15, 0.2) is 17.3 Å². The summed E-state index contributed by atoms with van der Waals surface area (Å²) in [7, 11) is -1.10. The maximum Gasteiger partial charge on any atom is 0.243 e. The topological polar surface area (TPSA) is 145 Å². The number of hydrogen-bond donors (Lipinski definition) is 2. The van der Waals surface area contributed by atoms with Crippen molar-refractivity contribution in [3.63, 3.8) is 0 Å². The third kappa shape index (κ3) is 5.92. The standard InChI is InChI=1S/C19H26N3O7S/c1-28-16-9-8-13(11-17(16)29-2)30(26,27)22-10-4-5-14(15(23)12-22)21-19(25)7-3-6-18(20)24/h7-9,11,14H,3-6,10,12H2,1-2H3,(H2,20,24)(H,21,25)/t14-/m0/s1. The number of carbonyl (C=O) groups excluding carboxylic acids is 3. The molecule has 3 N–H and O–H groups in total. The van der Waals surface area contributed by atoms with Gasteiger partial charge in [-0.15, -0.1) is 0 Å². The van der Waals surface area contributed by atoms with Gasteiger partial charge in [0.1, 0.15) is 0 Å². The summed E-state index contributed by atoms with van der Waals surface area (Å²) in [4.78, 5) is 35.3. The first kappa shape index (κ1) is 23.6. The molecule has 0 saturated carbocycles. The molecule has 30 heavy (non-hydrogen) atoms. The van der Waals surface area contributed by atoms with Crippen LogP contribution in [0.3, 0.4) is 0 Å². The van der Waals surface area contributed by atoms with Crippen LogP contribution < -0.4 is 20.5 Å². The van der Waals surface area contributed by atoms with E-state index < -0.39 is 33.7 Å². The number of nitrogens with one attached hydrogen (secondary N) is 1. The number of nitrogens with zero attached hydrogens (tertiary/aromatic N) is 1. The Morgan fingerprint density at radius 2 is 1.97 bits per heavy atom. The van der Waals surface area contributed by atoms with Crippen molar-refractivity contribution < 1.29 is 32.3 Å². The Balaban J connectivity index is 2.08. The summed E-state index contributed by atoms with van der Waals surface area (Å²) in [6.07, 6.45) is 2.16. The molecule has 1 aliphatic heterocycles. The van der Waals surface area contributed by atoms with Gasteiger partial charge in [0.2, 0.25) is 21.8 Å². The van der Waals surface area contributed by atoms with Gasteiger partial charge in [0.05, 0.1) is 38.1 Å². The van der Waals surface area contributed by atoms with E-state index in [0.29, 0.717) is 18.6 Å². The second-order valence-corrected chi connectivity index (χ2v) is 8.67. The fourth-order valence-electron chi connectivity index (χ4n) is 3.06. The Hall–Kier alpha value is -2.66. The molecule has 10 nitrogen and oxygen atoms in total. The third-order valence-corrected chi connectivity index (χ3v) is 6.49. The van der Waals surface area contributed by atoms with E-state index in [2.05, 4.69) is 5.32 Å². The summed E-state index contributed by atoms with van der Waals surface area (Å²) in [5, 5.41) is 2.57. The molecule has 2 amide bonds. The van der Waals surface area contributed by atoms with Crippen LogP contribution in [0.25, 0.3) is 0 Å². The molecule has 1 atom stereocenters. The van der Waals surface area contributed by atoms with Crippen molar-refractivity contribution in [1.29, 1.82) is 0 Å². The second kappa shape index (κ2) is 10.4. The van der Waals surface area contributed by atoms with Crippen molar-refractivity contribution in [2.24, 2.45) is 5.73 Å². The largest absolute Gasteiger partial charge is 0.493 e. The molecule has 1 saturated heterocycles. The fourth-order valence-corrected chi connectivity index (χ4v) is 4.52. The van der Waals surface area contributed by atoms with E-state index in [1.54, 1.807) is 0 Å². The molecule has 0 aromatic heterocycles. The summed E-state index contributed by atoms with van der Waals surface area (Å²) in [5.41, 5.74) is 5.02. The lowest BCUT2D eigenvalue weighted by Gasteiger charge is -2.20. The lowest BCUT2D eigenvalue weighted by Crippen LogP contribution is -2.44. The summed E-state index contributed by atoms with van der Waals surface area (Å²) < 4.78 is 37.4. The Morgan fingerprint density at radius 1 is 1.27 bits per heavy atom. The van der Waals surface area contributed by atoms with Gasteiger partial charge in [-0.05, 0) is 31.4 Å². The van der Waals surface area contributed by atoms with Crippen molar-refractivity contribution in [3.8, 4) is 11.5 Å². The van der Waals surface area contributed by atoms with Gasteiger partial charge >= 0.3 is 0 Å². The molecule has 1 fully saturated rings. The zero-order valence-electron chi connectivity index (χ0n) is 16.9. The van der Waals surface area contributed by atoms with Crippen LogP contribution in [0, 0.1) is 6.42 Å². The highest BCUT2D eigenvalue weighted by atomic mass is 32.2. The highest BCUT2D eigenvalue weighted by Gasteiger charge is 2.33. The van der Waals surface area contributed by atoms with Crippen LogP contribution in [0.2, 0.25) is 0 Å². The number of rotatable bonds is 9. The third-order valence-electron chi connectivity index (χ3n) is 4.65. The highest BCUT2D eigenvalue weighted by molar-refractivity contribution is 7.89. The quantitative estimate of drug-likeness (QED) is 0.550. The van der Waals surface area contributed by atoms with Crippen LogP contribution in [-0.4, -0.2) is 63.7 Å². The van der Waals surface area contributed by atoms with E-state index in [4.69, 9.17) is 15.2 Å². The van der Waals surface area contributed by atoms with Gasteiger partial charge in [-0.25, -0.2) is 8.42 Å². The SMILES string of the molecule is COc1ccc(S(=O)(=O)N2CCC[C@H](NC(=O)[CH]CCC(N)=O)C(=O)C2)cc1OC. The van der Waals surface area contributed by atoms with E-state index in [1.807, 2.05) is 0 Å². The monoisotopic (exact) mass is 440 g/mol. The molecule has 165 valence electrons. The Kier molecular flexibility index (Phi) is 8.18. The maximum absolute atomic E-state index is 13.0. The zero-order valence-corrected chi connectivity index (χ0v) is 17.7. The number of sulfonamides is 1. The molecule has 1 aromatic carbocycles. The number of hydrogen-bond acceptors (Lipinski definition) is 7. The molecular formula is C19H26N3O7S. The van der Waals surface area contributed by atoms with Crippen LogP contribution in [0.1, 0.15) is 25.7 Å². The number of ether oxygens (including phenoxy) is 2. The minimum atomic E-state index is -3.95. The summed E-state index contributed by atoms with van der Waals surface area (Å²) >= 11 is 0. The lowest BCUT2D eigenvalue weighted by molar-refractivity contribution is -0.126. The van der Waals surface area contributed by atoms with E-state index in [0.717, 1.165) is 4.31 Å². The molecule has 0 unspecified atom stereocenters. The first-order chi connectivity index (χ1) is 14.2. The van der Waals surface area contributed by atoms with Gasteiger partial charge in [-0.2, -0.15) is 4.31 Å². The van der Waals surface area contributed by atoms with Crippen molar-refractivity contribution in [2.75, 3.05) is 27.3 Å². The Morgan fingerprint density at radius 3 is 2.60 bits per heavy atom. The Bertz CT molecular complexity index is 901. The summed E-state index contributed by atoms with van der Waals surface area (Å²) in [6.45, 7) is -0.219.